The van der Waals surface area contributed by atoms with Crippen molar-refractivity contribution < 1.29 is 9.90 Å². The van der Waals surface area contributed by atoms with Crippen molar-refractivity contribution in [2.24, 2.45) is 5.92 Å². The van der Waals surface area contributed by atoms with Crippen molar-refractivity contribution in [2.45, 2.75) is 33.1 Å². The third kappa shape index (κ3) is 5.32. The molecule has 0 bridgehead atoms. The van der Waals surface area contributed by atoms with Crippen LogP contribution in [0.1, 0.15) is 30.9 Å². The van der Waals surface area contributed by atoms with E-state index >= 15 is 0 Å². The summed E-state index contributed by atoms with van der Waals surface area (Å²) in [5.41, 5.74) is 2.24. The zero-order chi connectivity index (χ0) is 13.4. The van der Waals surface area contributed by atoms with Gasteiger partial charge >= 0.3 is 0 Å². The van der Waals surface area contributed by atoms with E-state index in [2.05, 4.69) is 5.32 Å². The fourth-order valence-corrected chi connectivity index (χ4v) is 1.81. The molecule has 0 spiro atoms. The number of carbonyl (C=O) groups excluding carboxylic acids is 1. The molecule has 3 nitrogen and oxygen atoms in total. The van der Waals surface area contributed by atoms with Crippen LogP contribution in [0, 0.1) is 12.8 Å². The van der Waals surface area contributed by atoms with Gasteiger partial charge in [0.2, 0.25) is 5.91 Å². The first-order chi connectivity index (χ1) is 8.63. The molecule has 0 aliphatic rings. The molecule has 0 saturated carbocycles. The summed E-state index contributed by atoms with van der Waals surface area (Å²) in [7, 11) is 0. The Hall–Kier alpha value is -1.35. The molecule has 3 heteroatoms. The maximum absolute atomic E-state index is 11.7. The van der Waals surface area contributed by atoms with Crippen LogP contribution in [0.5, 0.6) is 0 Å². The Morgan fingerprint density at radius 2 is 2.11 bits per heavy atom. The summed E-state index contributed by atoms with van der Waals surface area (Å²) in [6, 6.07) is 7.94. The van der Waals surface area contributed by atoms with Crippen LogP contribution in [0.15, 0.2) is 24.3 Å². The van der Waals surface area contributed by atoms with Crippen LogP contribution < -0.4 is 5.32 Å². The predicted molar refractivity (Wildman–Crippen MR) is 73.4 cm³/mol. The molecular formula is C15H23NO2. The first-order valence-corrected chi connectivity index (χ1v) is 6.55. The first-order valence-electron chi connectivity index (χ1n) is 6.55. The van der Waals surface area contributed by atoms with Crippen molar-refractivity contribution in [1.29, 1.82) is 0 Å². The maximum Gasteiger partial charge on any atom is 0.224 e. The van der Waals surface area contributed by atoms with Crippen LogP contribution in [-0.2, 0) is 11.2 Å². The van der Waals surface area contributed by atoms with Gasteiger partial charge in [-0.05, 0) is 36.8 Å². The summed E-state index contributed by atoms with van der Waals surface area (Å²) in [6.45, 7) is 4.94. The van der Waals surface area contributed by atoms with Gasteiger partial charge in [0.25, 0.3) is 0 Å². The molecule has 0 saturated heterocycles. The molecule has 0 radical (unpaired) electrons. The van der Waals surface area contributed by atoms with Crippen LogP contribution in [0.2, 0.25) is 0 Å². The molecular weight excluding hydrogens is 226 g/mol. The third-order valence-electron chi connectivity index (χ3n) is 3.12. The number of nitrogens with one attached hydrogen (secondary N) is 1. The molecule has 0 aliphatic carbocycles. The lowest BCUT2D eigenvalue weighted by molar-refractivity contribution is -0.120. The monoisotopic (exact) mass is 249 g/mol. The summed E-state index contributed by atoms with van der Waals surface area (Å²) in [4.78, 5) is 11.7. The molecule has 18 heavy (non-hydrogen) atoms. The number of hydrogen-bond donors (Lipinski definition) is 2. The van der Waals surface area contributed by atoms with Crippen LogP contribution in [0.25, 0.3) is 0 Å². The molecule has 1 amide bonds. The minimum Gasteiger partial charge on any atom is -0.396 e. The van der Waals surface area contributed by atoms with Crippen LogP contribution in [0.4, 0.5) is 0 Å². The van der Waals surface area contributed by atoms with Crippen molar-refractivity contribution in [1.82, 2.24) is 5.32 Å². The van der Waals surface area contributed by atoms with Crippen molar-refractivity contribution in [3.8, 4) is 0 Å². The molecule has 1 atom stereocenters. The minimum absolute atomic E-state index is 0.0703. The Morgan fingerprint density at radius 1 is 1.39 bits per heavy atom. The number of hydrogen-bond acceptors (Lipinski definition) is 2. The second-order valence-electron chi connectivity index (χ2n) is 4.88. The number of aliphatic hydroxyl groups is 1. The van der Waals surface area contributed by atoms with Gasteiger partial charge in [0.1, 0.15) is 0 Å². The molecule has 100 valence electrons. The topological polar surface area (TPSA) is 49.3 Å². The normalized spacial score (nSPS) is 12.2. The van der Waals surface area contributed by atoms with E-state index < -0.39 is 0 Å². The highest BCUT2D eigenvalue weighted by atomic mass is 16.3. The molecule has 1 unspecified atom stereocenters. The number of aliphatic hydroxyl groups excluding tert-OH is 1. The predicted octanol–water partition coefficient (Wildman–Crippen LogP) is 2.06. The van der Waals surface area contributed by atoms with Gasteiger partial charge in [0.15, 0.2) is 0 Å². The molecule has 1 aromatic carbocycles. The average molecular weight is 249 g/mol. The number of rotatable bonds is 7. The second-order valence-corrected chi connectivity index (χ2v) is 4.88. The van der Waals surface area contributed by atoms with Crippen molar-refractivity contribution in [3.63, 3.8) is 0 Å². The fraction of sp³-hybridized carbons (Fsp3) is 0.533. The molecule has 0 aliphatic heterocycles. The van der Waals surface area contributed by atoms with Gasteiger partial charge in [-0.25, -0.2) is 0 Å². The Labute approximate surface area is 109 Å². The lowest BCUT2D eigenvalue weighted by Crippen LogP contribution is -2.26. The Kier molecular flexibility index (Phi) is 6.44. The van der Waals surface area contributed by atoms with Gasteiger partial charge in [-0.2, -0.15) is 0 Å². The lowest BCUT2D eigenvalue weighted by Gasteiger charge is -2.09. The van der Waals surface area contributed by atoms with Gasteiger partial charge in [-0.15, -0.1) is 0 Å². The van der Waals surface area contributed by atoms with Gasteiger partial charge in [0, 0.05) is 13.2 Å². The number of aryl methyl sites for hydroxylation is 1. The van der Waals surface area contributed by atoms with Crippen LogP contribution in [-0.4, -0.2) is 24.2 Å². The molecule has 0 aromatic heterocycles. The average Bonchev–Trinajstić information content (AvgIpc) is 2.37. The zero-order valence-corrected chi connectivity index (χ0v) is 11.3. The first kappa shape index (κ1) is 14.7. The molecule has 2 N–H and O–H groups in total. The van der Waals surface area contributed by atoms with Crippen LogP contribution >= 0.6 is 0 Å². The summed E-state index contributed by atoms with van der Waals surface area (Å²) in [5, 5.41) is 11.8. The number of benzene rings is 1. The van der Waals surface area contributed by atoms with Gasteiger partial charge in [-0.3, -0.25) is 4.79 Å². The van der Waals surface area contributed by atoms with Gasteiger partial charge in [-0.1, -0.05) is 31.2 Å². The van der Waals surface area contributed by atoms with E-state index in [4.69, 9.17) is 5.11 Å². The molecule has 0 fully saturated rings. The lowest BCUT2D eigenvalue weighted by atomic mass is 10.1. The Morgan fingerprint density at radius 3 is 2.78 bits per heavy atom. The van der Waals surface area contributed by atoms with E-state index in [1.54, 1.807) is 0 Å². The van der Waals surface area contributed by atoms with E-state index in [1.807, 2.05) is 38.1 Å². The van der Waals surface area contributed by atoms with E-state index in [-0.39, 0.29) is 12.5 Å². The summed E-state index contributed by atoms with van der Waals surface area (Å²) >= 11 is 0. The third-order valence-corrected chi connectivity index (χ3v) is 3.12. The highest BCUT2D eigenvalue weighted by Crippen LogP contribution is 2.07. The summed E-state index contributed by atoms with van der Waals surface area (Å²) in [5.74, 6) is 0.388. The largest absolute Gasteiger partial charge is 0.396 e. The van der Waals surface area contributed by atoms with Crippen LogP contribution in [0.3, 0.4) is 0 Å². The quantitative estimate of drug-likeness (QED) is 0.727. The highest BCUT2D eigenvalue weighted by molar-refractivity contribution is 5.78. The van der Waals surface area contributed by atoms with Crippen molar-refractivity contribution >= 4 is 5.91 Å². The molecule has 0 heterocycles. The van der Waals surface area contributed by atoms with E-state index in [1.165, 1.54) is 0 Å². The molecule has 1 rings (SSSR count). The number of amides is 1. The van der Waals surface area contributed by atoms with E-state index in [9.17, 15) is 4.79 Å². The number of carbonyl (C=O) groups is 1. The SMILES string of the molecule is Cc1ccccc1CC(=O)NCCCC(C)CO. The summed E-state index contributed by atoms with van der Waals surface area (Å²) < 4.78 is 0. The summed E-state index contributed by atoms with van der Waals surface area (Å²) in [6.07, 6.45) is 2.31. The van der Waals surface area contributed by atoms with E-state index in [0.29, 0.717) is 18.9 Å². The van der Waals surface area contributed by atoms with Crippen molar-refractivity contribution in [2.75, 3.05) is 13.2 Å². The Bertz CT molecular complexity index is 377. The van der Waals surface area contributed by atoms with E-state index in [0.717, 1.165) is 24.0 Å². The Balaban J connectivity index is 2.24. The maximum atomic E-state index is 11.7. The fourth-order valence-electron chi connectivity index (χ4n) is 1.81. The standard InChI is InChI=1S/C15H23NO2/c1-12(11-17)6-5-9-16-15(18)10-14-8-4-3-7-13(14)2/h3-4,7-8,12,17H,5-6,9-11H2,1-2H3,(H,16,18). The smallest absolute Gasteiger partial charge is 0.224 e. The second kappa shape index (κ2) is 7.88. The van der Waals surface area contributed by atoms with Gasteiger partial charge in [0.05, 0.1) is 6.42 Å². The zero-order valence-electron chi connectivity index (χ0n) is 11.3. The molecule has 1 aromatic rings. The highest BCUT2D eigenvalue weighted by Gasteiger charge is 2.05. The van der Waals surface area contributed by atoms with Gasteiger partial charge < -0.3 is 10.4 Å². The minimum atomic E-state index is 0.0703. The van der Waals surface area contributed by atoms with Crippen molar-refractivity contribution in [3.05, 3.63) is 35.4 Å².